The second-order valence-electron chi connectivity index (χ2n) is 6.32. The van der Waals surface area contributed by atoms with Gasteiger partial charge in [0.05, 0.1) is 6.26 Å². The number of ether oxygens (including phenoxy) is 1. The Morgan fingerprint density at radius 1 is 1.18 bits per heavy atom. The molecular formula is C20H28N6O2. The predicted molar refractivity (Wildman–Crippen MR) is 108 cm³/mol. The molecule has 0 amide bonds. The van der Waals surface area contributed by atoms with Gasteiger partial charge in [0, 0.05) is 38.9 Å². The number of aromatic nitrogens is 3. The number of rotatable bonds is 11. The second kappa shape index (κ2) is 11.1. The van der Waals surface area contributed by atoms with Gasteiger partial charge in [-0.2, -0.15) is 0 Å². The molecule has 3 aromatic rings. The summed E-state index contributed by atoms with van der Waals surface area (Å²) in [6.45, 7) is 5.61. The summed E-state index contributed by atoms with van der Waals surface area (Å²) in [4.78, 5) is 4.63. The number of fused-ring (bicyclic) bond motifs is 1. The van der Waals surface area contributed by atoms with Crippen molar-refractivity contribution in [1.82, 2.24) is 25.2 Å². The fraction of sp³-hybridized carbons (Fsp3) is 0.450. The molecule has 8 heteroatoms. The van der Waals surface area contributed by atoms with Crippen LogP contribution in [0.15, 0.2) is 52.2 Å². The summed E-state index contributed by atoms with van der Waals surface area (Å²) in [6.07, 6.45) is 6.31. The summed E-state index contributed by atoms with van der Waals surface area (Å²) >= 11 is 0. The maximum Gasteiger partial charge on any atom is 0.191 e. The predicted octanol–water partition coefficient (Wildman–Crippen LogP) is 2.42. The van der Waals surface area contributed by atoms with Crippen LogP contribution in [0.25, 0.3) is 5.65 Å². The van der Waals surface area contributed by atoms with E-state index in [0.717, 1.165) is 62.1 Å². The molecule has 0 bridgehead atoms. The minimum atomic E-state index is 0.512. The normalized spacial score (nSPS) is 11.8. The number of hydrogen-bond acceptors (Lipinski definition) is 5. The number of nitrogens with zero attached hydrogens (tertiary/aromatic N) is 4. The summed E-state index contributed by atoms with van der Waals surface area (Å²) in [5.41, 5.74) is 0.880. The van der Waals surface area contributed by atoms with Gasteiger partial charge in [-0.25, -0.2) is 0 Å². The Morgan fingerprint density at radius 3 is 3.00 bits per heavy atom. The molecule has 3 rings (SSSR count). The lowest BCUT2D eigenvalue weighted by Gasteiger charge is -2.11. The van der Waals surface area contributed by atoms with Crippen LogP contribution in [0, 0.1) is 0 Å². The van der Waals surface area contributed by atoms with Crippen molar-refractivity contribution in [3.05, 3.63) is 54.4 Å². The maximum atomic E-state index is 5.59. The first-order valence-electron chi connectivity index (χ1n) is 9.77. The van der Waals surface area contributed by atoms with Gasteiger partial charge in [0.15, 0.2) is 11.6 Å². The lowest BCUT2D eigenvalue weighted by atomic mass is 10.3. The van der Waals surface area contributed by atoms with Gasteiger partial charge in [0.1, 0.15) is 18.2 Å². The van der Waals surface area contributed by atoms with E-state index in [9.17, 15) is 0 Å². The quantitative estimate of drug-likeness (QED) is 0.300. The molecule has 3 heterocycles. The smallest absolute Gasteiger partial charge is 0.191 e. The van der Waals surface area contributed by atoms with Gasteiger partial charge in [-0.1, -0.05) is 6.07 Å². The highest BCUT2D eigenvalue weighted by Gasteiger charge is 2.04. The zero-order valence-corrected chi connectivity index (χ0v) is 16.3. The summed E-state index contributed by atoms with van der Waals surface area (Å²) in [5, 5.41) is 15.0. The first kappa shape index (κ1) is 19.9. The molecule has 0 radical (unpaired) electrons. The van der Waals surface area contributed by atoms with Gasteiger partial charge in [-0.15, -0.1) is 10.2 Å². The van der Waals surface area contributed by atoms with Gasteiger partial charge >= 0.3 is 0 Å². The summed E-state index contributed by atoms with van der Waals surface area (Å²) in [5.74, 6) is 2.65. The molecule has 0 aliphatic rings. The van der Waals surface area contributed by atoms with Gasteiger partial charge in [-0.05, 0) is 44.0 Å². The Morgan fingerprint density at radius 2 is 2.14 bits per heavy atom. The Labute approximate surface area is 165 Å². The fourth-order valence-electron chi connectivity index (χ4n) is 2.78. The molecule has 0 aromatic carbocycles. The number of aryl methyl sites for hydroxylation is 1. The Bertz CT molecular complexity index is 843. The first-order valence-corrected chi connectivity index (χ1v) is 9.77. The molecular weight excluding hydrogens is 356 g/mol. The highest BCUT2D eigenvalue weighted by atomic mass is 16.5. The number of pyridine rings is 1. The van der Waals surface area contributed by atoms with Crippen molar-refractivity contribution in [1.29, 1.82) is 0 Å². The molecule has 0 fully saturated rings. The average molecular weight is 384 g/mol. The molecule has 0 spiro atoms. The van der Waals surface area contributed by atoms with Crippen molar-refractivity contribution in [2.24, 2.45) is 4.99 Å². The van der Waals surface area contributed by atoms with E-state index in [2.05, 4.69) is 32.7 Å². The van der Waals surface area contributed by atoms with Gasteiger partial charge in [-0.3, -0.25) is 9.39 Å². The third-order valence-corrected chi connectivity index (χ3v) is 4.14. The SMILES string of the molecule is CCNC(=NCCCc1nnc2ccccn12)NCCCOCc1ccco1. The summed E-state index contributed by atoms with van der Waals surface area (Å²) < 4.78 is 12.8. The molecule has 3 aromatic heterocycles. The third kappa shape index (κ3) is 6.09. The summed E-state index contributed by atoms with van der Waals surface area (Å²) in [7, 11) is 0. The van der Waals surface area contributed by atoms with Gasteiger partial charge in [0.2, 0.25) is 0 Å². The Hall–Kier alpha value is -2.87. The molecule has 0 atom stereocenters. The van der Waals surface area contributed by atoms with Crippen LogP contribution in [-0.4, -0.2) is 46.8 Å². The standard InChI is InChI=1S/C20H28N6O2/c1-2-21-20(23-12-7-14-27-16-17-8-6-15-28-17)22-11-5-10-19-25-24-18-9-3-4-13-26(18)19/h3-4,6,8-9,13,15H,2,5,7,10-12,14,16H2,1H3,(H2,21,22,23). The van der Waals surface area contributed by atoms with Crippen LogP contribution in [0.4, 0.5) is 0 Å². The highest BCUT2D eigenvalue weighted by molar-refractivity contribution is 5.79. The monoisotopic (exact) mass is 384 g/mol. The number of aliphatic imine (C=N–C) groups is 1. The average Bonchev–Trinajstić information content (AvgIpc) is 3.38. The van der Waals surface area contributed by atoms with Crippen LogP contribution >= 0.6 is 0 Å². The Balaban J connectivity index is 1.34. The van der Waals surface area contributed by atoms with E-state index >= 15 is 0 Å². The van der Waals surface area contributed by atoms with Gasteiger partial charge in [0.25, 0.3) is 0 Å². The van der Waals surface area contributed by atoms with Crippen molar-refractivity contribution >= 4 is 11.6 Å². The van der Waals surface area contributed by atoms with Crippen molar-refractivity contribution in [3.63, 3.8) is 0 Å². The molecule has 8 nitrogen and oxygen atoms in total. The lowest BCUT2D eigenvalue weighted by Crippen LogP contribution is -2.38. The largest absolute Gasteiger partial charge is 0.467 e. The van der Waals surface area contributed by atoms with E-state index in [1.165, 1.54) is 0 Å². The maximum absolute atomic E-state index is 5.59. The molecule has 0 aliphatic heterocycles. The molecule has 0 saturated carbocycles. The van der Waals surface area contributed by atoms with Crippen LogP contribution < -0.4 is 10.6 Å². The zero-order valence-electron chi connectivity index (χ0n) is 16.3. The van der Waals surface area contributed by atoms with Crippen LogP contribution in [0.3, 0.4) is 0 Å². The van der Waals surface area contributed by atoms with Crippen LogP contribution in [-0.2, 0) is 17.8 Å². The number of furan rings is 1. The van der Waals surface area contributed by atoms with E-state index in [0.29, 0.717) is 13.2 Å². The zero-order chi connectivity index (χ0) is 19.4. The van der Waals surface area contributed by atoms with Crippen molar-refractivity contribution in [3.8, 4) is 0 Å². The summed E-state index contributed by atoms with van der Waals surface area (Å²) in [6, 6.07) is 9.69. The fourth-order valence-corrected chi connectivity index (χ4v) is 2.78. The van der Waals surface area contributed by atoms with E-state index in [-0.39, 0.29) is 0 Å². The van der Waals surface area contributed by atoms with E-state index in [4.69, 9.17) is 9.15 Å². The Kier molecular flexibility index (Phi) is 7.87. The molecule has 0 saturated heterocycles. The molecule has 2 N–H and O–H groups in total. The van der Waals surface area contributed by atoms with Crippen molar-refractivity contribution in [2.75, 3.05) is 26.2 Å². The second-order valence-corrected chi connectivity index (χ2v) is 6.32. The van der Waals surface area contributed by atoms with Crippen LogP contribution in [0.2, 0.25) is 0 Å². The van der Waals surface area contributed by atoms with Crippen LogP contribution in [0.1, 0.15) is 31.4 Å². The van der Waals surface area contributed by atoms with E-state index < -0.39 is 0 Å². The number of guanidine groups is 1. The number of hydrogen-bond donors (Lipinski definition) is 2. The topological polar surface area (TPSA) is 89.0 Å². The minimum absolute atomic E-state index is 0.512. The third-order valence-electron chi connectivity index (χ3n) is 4.14. The molecule has 0 aliphatic carbocycles. The van der Waals surface area contributed by atoms with Crippen molar-refractivity contribution in [2.45, 2.75) is 32.8 Å². The molecule has 28 heavy (non-hydrogen) atoms. The highest BCUT2D eigenvalue weighted by Crippen LogP contribution is 2.05. The first-order chi connectivity index (χ1) is 13.9. The minimum Gasteiger partial charge on any atom is -0.467 e. The van der Waals surface area contributed by atoms with Crippen molar-refractivity contribution < 1.29 is 9.15 Å². The lowest BCUT2D eigenvalue weighted by molar-refractivity contribution is 0.105. The molecule has 0 unspecified atom stereocenters. The van der Waals surface area contributed by atoms with Gasteiger partial charge < -0.3 is 19.8 Å². The van der Waals surface area contributed by atoms with E-state index in [1.54, 1.807) is 6.26 Å². The number of nitrogens with one attached hydrogen (secondary N) is 2. The van der Waals surface area contributed by atoms with Crippen LogP contribution in [0.5, 0.6) is 0 Å². The molecule has 150 valence electrons. The van der Waals surface area contributed by atoms with E-state index in [1.807, 2.05) is 40.9 Å².